The predicted octanol–water partition coefficient (Wildman–Crippen LogP) is 5.70. The van der Waals surface area contributed by atoms with Crippen molar-refractivity contribution in [2.45, 2.75) is 33.7 Å². The van der Waals surface area contributed by atoms with Crippen LogP contribution in [0.1, 0.15) is 34.1 Å². The molecule has 4 rings (SSSR count). The third-order valence-corrected chi connectivity index (χ3v) is 5.95. The molecule has 180 valence electrons. The Bertz CT molecular complexity index is 1320. The van der Waals surface area contributed by atoms with Crippen molar-refractivity contribution in [3.63, 3.8) is 0 Å². The normalized spacial score (nSPS) is 10.8. The number of carbonyl (C=O) groups excluding carboxylic acids is 2. The summed E-state index contributed by atoms with van der Waals surface area (Å²) in [6.45, 7) is 6.61. The molecule has 0 radical (unpaired) electrons. The fourth-order valence-corrected chi connectivity index (χ4v) is 4.17. The lowest BCUT2D eigenvalue weighted by atomic mass is 10.1. The maximum atomic E-state index is 12.8. The van der Waals surface area contributed by atoms with E-state index in [-0.39, 0.29) is 18.5 Å². The molecule has 6 heteroatoms. The Morgan fingerprint density at radius 1 is 0.943 bits per heavy atom. The Hall–Kier alpha value is -4.06. The van der Waals surface area contributed by atoms with Crippen LogP contribution in [0.5, 0.6) is 5.75 Å². The molecule has 0 bridgehead atoms. The number of carbonyl (C=O) groups is 2. The molecule has 1 amide bonds. The highest BCUT2D eigenvalue weighted by atomic mass is 16.5. The summed E-state index contributed by atoms with van der Waals surface area (Å²) in [6.07, 6.45) is 0.838. The van der Waals surface area contributed by atoms with Crippen molar-refractivity contribution < 1.29 is 19.1 Å². The van der Waals surface area contributed by atoms with E-state index in [0.717, 1.165) is 40.8 Å². The van der Waals surface area contributed by atoms with Crippen molar-refractivity contribution in [1.29, 1.82) is 0 Å². The Labute approximate surface area is 205 Å². The van der Waals surface area contributed by atoms with E-state index < -0.39 is 0 Å². The lowest BCUT2D eigenvalue weighted by Crippen LogP contribution is -2.20. The highest BCUT2D eigenvalue weighted by molar-refractivity contribution is 6.06. The molecule has 0 aliphatic heterocycles. The van der Waals surface area contributed by atoms with E-state index in [9.17, 15) is 9.59 Å². The van der Waals surface area contributed by atoms with Gasteiger partial charge >= 0.3 is 5.97 Å². The number of nitrogens with zero attached hydrogens (tertiary/aromatic N) is 1. The summed E-state index contributed by atoms with van der Waals surface area (Å²) in [5.41, 5.74) is 5.38. The third-order valence-electron chi connectivity index (χ3n) is 5.95. The van der Waals surface area contributed by atoms with E-state index in [1.54, 1.807) is 6.92 Å². The Kier molecular flexibility index (Phi) is 7.51. The van der Waals surface area contributed by atoms with Gasteiger partial charge < -0.3 is 19.4 Å². The summed E-state index contributed by atoms with van der Waals surface area (Å²) in [5.74, 6) is -0.0961. The van der Waals surface area contributed by atoms with Crippen molar-refractivity contribution >= 4 is 28.5 Å². The maximum Gasteiger partial charge on any atom is 0.340 e. The van der Waals surface area contributed by atoms with Crippen LogP contribution in [0.3, 0.4) is 0 Å². The van der Waals surface area contributed by atoms with Gasteiger partial charge in [0.2, 0.25) is 0 Å². The van der Waals surface area contributed by atoms with Crippen LogP contribution in [-0.2, 0) is 22.5 Å². The van der Waals surface area contributed by atoms with E-state index in [4.69, 9.17) is 9.47 Å². The highest BCUT2D eigenvalue weighted by Crippen LogP contribution is 2.30. The first kappa shape index (κ1) is 24.1. The second kappa shape index (κ2) is 10.9. The number of fused-ring (bicyclic) bond motifs is 1. The highest BCUT2D eigenvalue weighted by Gasteiger charge is 2.21. The summed E-state index contributed by atoms with van der Waals surface area (Å²) in [7, 11) is 0. The van der Waals surface area contributed by atoms with Crippen molar-refractivity contribution in [2.75, 3.05) is 18.5 Å². The van der Waals surface area contributed by atoms with Gasteiger partial charge in [-0.05, 0) is 63.1 Å². The van der Waals surface area contributed by atoms with Crippen LogP contribution < -0.4 is 10.1 Å². The van der Waals surface area contributed by atoms with Crippen LogP contribution in [-0.4, -0.2) is 29.7 Å². The number of amides is 1. The summed E-state index contributed by atoms with van der Waals surface area (Å²) in [5, 5.41) is 3.58. The second-order valence-corrected chi connectivity index (χ2v) is 8.45. The molecule has 0 saturated carbocycles. The van der Waals surface area contributed by atoms with Crippen LogP contribution in [0.2, 0.25) is 0 Å². The molecule has 35 heavy (non-hydrogen) atoms. The van der Waals surface area contributed by atoms with Crippen molar-refractivity contribution in [3.05, 3.63) is 95.2 Å². The summed E-state index contributed by atoms with van der Waals surface area (Å²) < 4.78 is 13.3. The SMILES string of the molecule is CCOC(=O)c1c(C)n(CCc2ccccc2)c2ccc(OCC(=O)Nc3ccc(C)cc3)cc12. The molecule has 1 N–H and O–H groups in total. The van der Waals surface area contributed by atoms with E-state index in [0.29, 0.717) is 17.9 Å². The molecule has 0 saturated heterocycles. The van der Waals surface area contributed by atoms with Gasteiger partial charge in [-0.1, -0.05) is 48.0 Å². The fraction of sp³-hybridized carbons (Fsp3) is 0.241. The zero-order valence-corrected chi connectivity index (χ0v) is 20.3. The molecule has 0 fully saturated rings. The largest absolute Gasteiger partial charge is 0.484 e. The number of hydrogen-bond acceptors (Lipinski definition) is 4. The zero-order chi connectivity index (χ0) is 24.8. The molecule has 0 spiro atoms. The number of nitrogens with one attached hydrogen (secondary N) is 1. The number of anilines is 1. The lowest BCUT2D eigenvalue weighted by molar-refractivity contribution is -0.118. The van der Waals surface area contributed by atoms with Crippen molar-refractivity contribution in [2.24, 2.45) is 0 Å². The van der Waals surface area contributed by atoms with E-state index in [1.807, 2.05) is 74.5 Å². The molecule has 0 aliphatic carbocycles. The molecule has 1 aromatic heterocycles. The average molecular weight is 471 g/mol. The first-order valence-corrected chi connectivity index (χ1v) is 11.8. The molecule has 0 atom stereocenters. The monoisotopic (exact) mass is 470 g/mol. The lowest BCUT2D eigenvalue weighted by Gasteiger charge is -2.10. The van der Waals surface area contributed by atoms with Crippen LogP contribution in [0, 0.1) is 13.8 Å². The van der Waals surface area contributed by atoms with Gasteiger partial charge in [-0.2, -0.15) is 0 Å². The number of benzene rings is 3. The minimum absolute atomic E-state index is 0.137. The summed E-state index contributed by atoms with van der Waals surface area (Å²) in [6, 6.07) is 23.4. The second-order valence-electron chi connectivity index (χ2n) is 8.45. The quantitative estimate of drug-likeness (QED) is 0.319. The van der Waals surface area contributed by atoms with E-state index in [1.165, 1.54) is 5.56 Å². The minimum atomic E-state index is -0.359. The molecular formula is C29H30N2O4. The number of esters is 1. The van der Waals surface area contributed by atoms with Crippen LogP contribution in [0.4, 0.5) is 5.69 Å². The first-order valence-electron chi connectivity index (χ1n) is 11.8. The average Bonchev–Trinajstić information content (AvgIpc) is 3.14. The minimum Gasteiger partial charge on any atom is -0.484 e. The van der Waals surface area contributed by atoms with Crippen LogP contribution >= 0.6 is 0 Å². The Balaban J connectivity index is 1.55. The molecule has 0 aliphatic rings. The molecule has 4 aromatic rings. The summed E-state index contributed by atoms with van der Waals surface area (Å²) >= 11 is 0. The maximum absolute atomic E-state index is 12.8. The third kappa shape index (κ3) is 5.72. The van der Waals surface area contributed by atoms with Gasteiger partial charge in [0.15, 0.2) is 6.61 Å². The summed E-state index contributed by atoms with van der Waals surface area (Å²) in [4.78, 5) is 25.2. The topological polar surface area (TPSA) is 69.6 Å². The molecule has 3 aromatic carbocycles. The van der Waals surface area contributed by atoms with Crippen molar-refractivity contribution in [1.82, 2.24) is 4.57 Å². The van der Waals surface area contributed by atoms with Gasteiger partial charge in [0.25, 0.3) is 5.91 Å². The van der Waals surface area contributed by atoms with Crippen LogP contribution in [0.25, 0.3) is 10.9 Å². The van der Waals surface area contributed by atoms with Gasteiger partial charge in [0.1, 0.15) is 5.75 Å². The smallest absolute Gasteiger partial charge is 0.340 e. The van der Waals surface area contributed by atoms with Crippen molar-refractivity contribution in [3.8, 4) is 5.75 Å². The van der Waals surface area contributed by atoms with Gasteiger partial charge in [0, 0.05) is 28.8 Å². The van der Waals surface area contributed by atoms with Gasteiger partial charge in [-0.15, -0.1) is 0 Å². The van der Waals surface area contributed by atoms with Gasteiger partial charge in [-0.3, -0.25) is 4.79 Å². The Morgan fingerprint density at radius 3 is 2.40 bits per heavy atom. The van der Waals surface area contributed by atoms with E-state index in [2.05, 4.69) is 22.0 Å². The predicted molar refractivity (Wildman–Crippen MR) is 138 cm³/mol. The number of hydrogen-bond donors (Lipinski definition) is 1. The number of rotatable bonds is 9. The van der Waals surface area contributed by atoms with E-state index >= 15 is 0 Å². The van der Waals surface area contributed by atoms with Crippen LogP contribution in [0.15, 0.2) is 72.8 Å². The number of aryl methyl sites for hydroxylation is 3. The fourth-order valence-electron chi connectivity index (χ4n) is 4.17. The molecule has 1 heterocycles. The number of ether oxygens (including phenoxy) is 2. The van der Waals surface area contributed by atoms with Gasteiger partial charge in [-0.25, -0.2) is 4.79 Å². The first-order chi connectivity index (χ1) is 17.0. The molecular weight excluding hydrogens is 440 g/mol. The molecule has 6 nitrogen and oxygen atoms in total. The Morgan fingerprint density at radius 2 is 1.69 bits per heavy atom. The zero-order valence-electron chi connectivity index (χ0n) is 20.3. The van der Waals surface area contributed by atoms with Gasteiger partial charge in [0.05, 0.1) is 12.2 Å². The number of aromatic nitrogens is 1. The standard InChI is InChI=1S/C29H30N2O4/c1-4-34-29(33)28-21(3)31(17-16-22-8-6-5-7-9-22)26-15-14-24(18-25(26)28)35-19-27(32)30-23-12-10-20(2)11-13-23/h5-15,18H,4,16-17,19H2,1-3H3,(H,30,32). The molecule has 0 unspecified atom stereocenters.